The van der Waals surface area contributed by atoms with Crippen molar-refractivity contribution in [2.24, 2.45) is 15.3 Å². The van der Waals surface area contributed by atoms with Gasteiger partial charge in [0.05, 0.1) is 11.4 Å². The lowest BCUT2D eigenvalue weighted by molar-refractivity contribution is 1.23. The predicted octanol–water partition coefficient (Wildman–Crippen LogP) is 6.33. The number of nitrogens with zero attached hydrogens (tertiary/aromatic N) is 4. The number of halogens is 4. The van der Waals surface area contributed by atoms with Crippen LogP contribution in [0, 0.1) is 11.3 Å². The Morgan fingerprint density at radius 3 is 1.91 bits per heavy atom. The molecule has 0 radical (unpaired) electrons. The standard InChI is InChI=1S/C14H7Cl4N5/c15-8-1-9(16)4-12(3-8)20-22-14(7-19)23-21-13-5-10(17)2-11(18)6-13/h1-6,20H/b22-14+,23-21+. The van der Waals surface area contributed by atoms with Crippen molar-refractivity contribution in [2.45, 2.75) is 0 Å². The van der Waals surface area contributed by atoms with E-state index in [1.165, 1.54) is 0 Å². The van der Waals surface area contributed by atoms with Crippen LogP contribution in [0.1, 0.15) is 0 Å². The number of nitriles is 1. The molecule has 0 fully saturated rings. The van der Waals surface area contributed by atoms with Crippen molar-refractivity contribution < 1.29 is 0 Å². The van der Waals surface area contributed by atoms with Crippen molar-refractivity contribution in [1.82, 2.24) is 0 Å². The van der Waals surface area contributed by atoms with E-state index in [0.29, 0.717) is 31.5 Å². The van der Waals surface area contributed by atoms with Crippen molar-refractivity contribution in [3.63, 3.8) is 0 Å². The number of amidine groups is 1. The summed E-state index contributed by atoms with van der Waals surface area (Å²) in [6.07, 6.45) is 0. The number of hydrogen-bond acceptors (Lipinski definition) is 4. The van der Waals surface area contributed by atoms with E-state index in [1.54, 1.807) is 42.5 Å². The Kier molecular flexibility index (Phi) is 6.20. The van der Waals surface area contributed by atoms with Crippen molar-refractivity contribution in [3.8, 4) is 6.07 Å². The van der Waals surface area contributed by atoms with Gasteiger partial charge in [-0.15, -0.1) is 15.3 Å². The molecule has 116 valence electrons. The van der Waals surface area contributed by atoms with Gasteiger partial charge in [-0.25, -0.2) is 0 Å². The molecule has 2 aromatic rings. The molecule has 0 saturated heterocycles. The fraction of sp³-hybridized carbons (Fsp3) is 0. The van der Waals surface area contributed by atoms with Crippen molar-refractivity contribution in [1.29, 1.82) is 5.26 Å². The second-order valence-electron chi connectivity index (χ2n) is 4.14. The van der Waals surface area contributed by atoms with Crippen LogP contribution in [0.3, 0.4) is 0 Å². The molecule has 5 nitrogen and oxygen atoms in total. The summed E-state index contributed by atoms with van der Waals surface area (Å²) in [7, 11) is 0. The molecule has 9 heteroatoms. The summed E-state index contributed by atoms with van der Waals surface area (Å²) in [5.74, 6) is -0.197. The molecule has 2 rings (SSSR count). The van der Waals surface area contributed by atoms with E-state index in [0.717, 1.165) is 0 Å². The zero-order valence-electron chi connectivity index (χ0n) is 11.3. The first-order valence-electron chi connectivity index (χ1n) is 6.04. The quantitative estimate of drug-likeness (QED) is 0.289. The van der Waals surface area contributed by atoms with Crippen LogP contribution in [0.4, 0.5) is 11.4 Å². The average Bonchev–Trinajstić information content (AvgIpc) is 2.45. The second kappa shape index (κ2) is 8.14. The summed E-state index contributed by atoms with van der Waals surface area (Å²) in [4.78, 5) is 0. The molecular weight excluding hydrogens is 380 g/mol. The number of azo groups is 1. The number of anilines is 1. The third-order valence-corrected chi connectivity index (χ3v) is 3.23. The van der Waals surface area contributed by atoms with Gasteiger partial charge in [0.25, 0.3) is 5.84 Å². The number of benzene rings is 2. The zero-order chi connectivity index (χ0) is 16.8. The Labute approximate surface area is 152 Å². The summed E-state index contributed by atoms with van der Waals surface area (Å²) < 4.78 is 0. The SMILES string of the molecule is N#CC(/N=N/c1cc(Cl)cc(Cl)c1)=N\Nc1cc(Cl)cc(Cl)c1. The van der Waals surface area contributed by atoms with E-state index >= 15 is 0 Å². The minimum Gasteiger partial charge on any atom is -0.276 e. The number of nitrogens with one attached hydrogen (secondary N) is 1. The lowest BCUT2D eigenvalue weighted by atomic mass is 10.3. The summed E-state index contributed by atoms with van der Waals surface area (Å²) in [5, 5.41) is 22.1. The lowest BCUT2D eigenvalue weighted by Gasteiger charge is -2.01. The van der Waals surface area contributed by atoms with E-state index in [9.17, 15) is 0 Å². The van der Waals surface area contributed by atoms with Gasteiger partial charge in [-0.2, -0.15) is 5.26 Å². The Hall–Kier alpha value is -1.84. The zero-order valence-corrected chi connectivity index (χ0v) is 14.3. The first kappa shape index (κ1) is 17.5. The van der Waals surface area contributed by atoms with Crippen molar-refractivity contribution >= 4 is 63.6 Å². The van der Waals surface area contributed by atoms with Gasteiger partial charge < -0.3 is 0 Å². The van der Waals surface area contributed by atoms with Gasteiger partial charge in [-0.05, 0) is 36.4 Å². The summed E-state index contributed by atoms with van der Waals surface area (Å²) >= 11 is 23.4. The highest BCUT2D eigenvalue weighted by atomic mass is 35.5. The molecule has 1 N–H and O–H groups in total. The van der Waals surface area contributed by atoms with Crippen LogP contribution >= 0.6 is 46.4 Å². The van der Waals surface area contributed by atoms with Gasteiger partial charge in [0.1, 0.15) is 6.07 Å². The van der Waals surface area contributed by atoms with Crippen LogP contribution in [0.15, 0.2) is 51.7 Å². The van der Waals surface area contributed by atoms with Crippen LogP contribution in [-0.4, -0.2) is 5.84 Å². The fourth-order valence-corrected chi connectivity index (χ4v) is 2.55. The van der Waals surface area contributed by atoms with Crippen LogP contribution in [0.5, 0.6) is 0 Å². The molecule has 0 aliphatic heterocycles. The average molecular weight is 387 g/mol. The molecule has 0 aromatic heterocycles. The van der Waals surface area contributed by atoms with Crippen molar-refractivity contribution in [2.75, 3.05) is 5.43 Å². The Morgan fingerprint density at radius 1 is 0.870 bits per heavy atom. The van der Waals surface area contributed by atoms with Crippen molar-refractivity contribution in [3.05, 3.63) is 56.5 Å². The fourth-order valence-electron chi connectivity index (χ4n) is 1.51. The molecule has 0 saturated carbocycles. The summed E-state index contributed by atoms with van der Waals surface area (Å²) in [6, 6.07) is 11.2. The first-order valence-corrected chi connectivity index (χ1v) is 7.55. The first-order chi connectivity index (χ1) is 11.0. The third kappa shape index (κ3) is 5.70. The monoisotopic (exact) mass is 385 g/mol. The molecule has 0 aliphatic carbocycles. The van der Waals surface area contributed by atoms with E-state index in [2.05, 4.69) is 20.8 Å². The molecule has 0 spiro atoms. The third-order valence-electron chi connectivity index (χ3n) is 2.36. The summed E-state index contributed by atoms with van der Waals surface area (Å²) in [5.41, 5.74) is 3.54. The second-order valence-corrected chi connectivity index (χ2v) is 5.89. The highest BCUT2D eigenvalue weighted by Crippen LogP contribution is 2.25. The van der Waals surface area contributed by atoms with E-state index in [4.69, 9.17) is 51.7 Å². The van der Waals surface area contributed by atoms with E-state index in [1.807, 2.05) is 0 Å². The maximum atomic E-state index is 9.02. The molecule has 0 heterocycles. The number of hydrazone groups is 1. The molecule has 0 unspecified atom stereocenters. The molecule has 2 aromatic carbocycles. The Bertz CT molecular complexity index is 786. The minimum absolute atomic E-state index is 0.197. The normalized spacial score (nSPS) is 11.5. The van der Waals surface area contributed by atoms with Crippen LogP contribution < -0.4 is 5.43 Å². The molecule has 0 bridgehead atoms. The molecular formula is C14H7Cl4N5. The van der Waals surface area contributed by atoms with Gasteiger partial charge in [-0.3, -0.25) is 5.43 Å². The maximum absolute atomic E-state index is 9.02. The topological polar surface area (TPSA) is 72.9 Å². The maximum Gasteiger partial charge on any atom is 0.270 e. The molecule has 23 heavy (non-hydrogen) atoms. The van der Waals surface area contributed by atoms with Gasteiger partial charge >= 0.3 is 0 Å². The Morgan fingerprint density at radius 2 is 1.39 bits per heavy atom. The lowest BCUT2D eigenvalue weighted by Crippen LogP contribution is -1.96. The van der Waals surface area contributed by atoms with Crippen LogP contribution in [0.25, 0.3) is 0 Å². The van der Waals surface area contributed by atoms with Gasteiger partial charge in [0.15, 0.2) is 0 Å². The van der Waals surface area contributed by atoms with Crippen LogP contribution in [0.2, 0.25) is 20.1 Å². The smallest absolute Gasteiger partial charge is 0.270 e. The summed E-state index contributed by atoms with van der Waals surface area (Å²) in [6.45, 7) is 0. The molecule has 0 amide bonds. The minimum atomic E-state index is -0.197. The van der Waals surface area contributed by atoms with E-state index in [-0.39, 0.29) is 5.84 Å². The largest absolute Gasteiger partial charge is 0.276 e. The van der Waals surface area contributed by atoms with Gasteiger partial charge in [0.2, 0.25) is 0 Å². The highest BCUT2D eigenvalue weighted by Gasteiger charge is 2.00. The van der Waals surface area contributed by atoms with Gasteiger partial charge in [0, 0.05) is 20.1 Å². The predicted molar refractivity (Wildman–Crippen MR) is 94.1 cm³/mol. The molecule has 0 aliphatic rings. The number of hydrogen-bond donors (Lipinski definition) is 1. The van der Waals surface area contributed by atoms with Gasteiger partial charge in [-0.1, -0.05) is 46.4 Å². The molecule has 0 atom stereocenters. The van der Waals surface area contributed by atoms with Crippen LogP contribution in [-0.2, 0) is 0 Å². The number of rotatable bonds is 3. The highest BCUT2D eigenvalue weighted by molar-refractivity contribution is 6.35. The van der Waals surface area contributed by atoms with E-state index < -0.39 is 0 Å². The Balaban J connectivity index is 2.16.